The van der Waals surface area contributed by atoms with E-state index in [9.17, 15) is 4.39 Å². The number of halogens is 1. The van der Waals surface area contributed by atoms with Gasteiger partial charge in [-0.05, 0) is 32.9 Å². The Morgan fingerprint density at radius 1 is 1.33 bits per heavy atom. The van der Waals surface area contributed by atoms with Crippen LogP contribution in [0.5, 0.6) is 0 Å². The van der Waals surface area contributed by atoms with Gasteiger partial charge >= 0.3 is 0 Å². The molecule has 3 heteroatoms. The molecule has 0 aliphatic heterocycles. The van der Waals surface area contributed by atoms with E-state index in [2.05, 4.69) is 4.90 Å². The molecular formula is C15H23FN2. The summed E-state index contributed by atoms with van der Waals surface area (Å²) in [4.78, 5) is 2.17. The van der Waals surface area contributed by atoms with Crippen molar-refractivity contribution in [2.75, 3.05) is 13.6 Å². The number of hydrogen-bond acceptors (Lipinski definition) is 2. The zero-order valence-electron chi connectivity index (χ0n) is 11.3. The zero-order chi connectivity index (χ0) is 13.2. The lowest BCUT2D eigenvalue weighted by Crippen LogP contribution is -2.47. The molecule has 1 aliphatic rings. The van der Waals surface area contributed by atoms with Gasteiger partial charge in [-0.2, -0.15) is 0 Å². The van der Waals surface area contributed by atoms with Gasteiger partial charge in [-0.3, -0.25) is 4.90 Å². The van der Waals surface area contributed by atoms with E-state index in [1.54, 1.807) is 6.07 Å². The standard InChI is InChI=1S/C15H23FN2/c1-12(13-7-3-4-8-14(13)16)18(2)11-15(17)9-5-6-10-15/h3-4,7-8,12H,5-6,9-11,17H2,1-2H3. The van der Waals surface area contributed by atoms with Crippen molar-refractivity contribution < 1.29 is 4.39 Å². The van der Waals surface area contributed by atoms with E-state index >= 15 is 0 Å². The van der Waals surface area contributed by atoms with Crippen molar-refractivity contribution in [3.63, 3.8) is 0 Å². The van der Waals surface area contributed by atoms with Crippen molar-refractivity contribution >= 4 is 0 Å². The fourth-order valence-electron chi connectivity index (χ4n) is 2.92. The minimum Gasteiger partial charge on any atom is -0.324 e. The first-order valence-electron chi connectivity index (χ1n) is 6.75. The van der Waals surface area contributed by atoms with Crippen molar-refractivity contribution in [1.29, 1.82) is 0 Å². The molecular weight excluding hydrogens is 227 g/mol. The molecule has 18 heavy (non-hydrogen) atoms. The van der Waals surface area contributed by atoms with E-state index in [-0.39, 0.29) is 17.4 Å². The second kappa shape index (κ2) is 5.37. The molecule has 1 aromatic carbocycles. The lowest BCUT2D eigenvalue weighted by molar-refractivity contribution is 0.196. The van der Waals surface area contributed by atoms with E-state index in [0.717, 1.165) is 24.9 Å². The maximum absolute atomic E-state index is 13.8. The van der Waals surface area contributed by atoms with Gasteiger partial charge in [-0.15, -0.1) is 0 Å². The highest BCUT2D eigenvalue weighted by atomic mass is 19.1. The molecule has 0 bridgehead atoms. The zero-order valence-corrected chi connectivity index (χ0v) is 11.3. The Kier molecular flexibility index (Phi) is 4.03. The first kappa shape index (κ1) is 13.5. The highest BCUT2D eigenvalue weighted by Crippen LogP contribution is 2.30. The van der Waals surface area contributed by atoms with Gasteiger partial charge in [-0.1, -0.05) is 31.0 Å². The molecule has 2 nitrogen and oxygen atoms in total. The summed E-state index contributed by atoms with van der Waals surface area (Å²) in [5.74, 6) is -0.130. The molecule has 2 rings (SSSR count). The molecule has 1 atom stereocenters. The van der Waals surface area contributed by atoms with Gasteiger partial charge in [-0.25, -0.2) is 4.39 Å². The van der Waals surface area contributed by atoms with Crippen LogP contribution in [-0.4, -0.2) is 24.0 Å². The smallest absolute Gasteiger partial charge is 0.127 e. The van der Waals surface area contributed by atoms with Crippen LogP contribution in [-0.2, 0) is 0 Å². The molecule has 0 heterocycles. The summed E-state index contributed by atoms with van der Waals surface area (Å²) in [5.41, 5.74) is 7.05. The van der Waals surface area contributed by atoms with Crippen molar-refractivity contribution in [3.8, 4) is 0 Å². The number of likely N-dealkylation sites (N-methyl/N-ethyl adjacent to an activating group) is 1. The number of hydrogen-bond donors (Lipinski definition) is 1. The van der Waals surface area contributed by atoms with Crippen LogP contribution in [0.2, 0.25) is 0 Å². The minimum atomic E-state index is -0.130. The predicted molar refractivity (Wildman–Crippen MR) is 72.8 cm³/mol. The Balaban J connectivity index is 2.05. The van der Waals surface area contributed by atoms with Crippen LogP contribution < -0.4 is 5.73 Å². The maximum atomic E-state index is 13.8. The fourth-order valence-corrected chi connectivity index (χ4v) is 2.92. The minimum absolute atomic E-state index is 0.0622. The molecule has 1 fully saturated rings. The van der Waals surface area contributed by atoms with Gasteiger partial charge in [0.15, 0.2) is 0 Å². The van der Waals surface area contributed by atoms with Crippen LogP contribution in [0.3, 0.4) is 0 Å². The van der Waals surface area contributed by atoms with Gasteiger partial charge in [0.25, 0.3) is 0 Å². The first-order chi connectivity index (χ1) is 8.52. The Bertz CT molecular complexity index is 399. The van der Waals surface area contributed by atoms with Crippen molar-refractivity contribution in [2.24, 2.45) is 5.73 Å². The van der Waals surface area contributed by atoms with E-state index < -0.39 is 0 Å². The summed E-state index contributed by atoms with van der Waals surface area (Å²) in [5, 5.41) is 0. The maximum Gasteiger partial charge on any atom is 0.127 e. The molecule has 1 aromatic rings. The van der Waals surface area contributed by atoms with Gasteiger partial charge in [0.05, 0.1) is 0 Å². The third kappa shape index (κ3) is 2.90. The van der Waals surface area contributed by atoms with Crippen LogP contribution in [0.15, 0.2) is 24.3 Å². The SMILES string of the molecule is CC(c1ccccc1F)N(C)CC1(N)CCCC1. The van der Waals surface area contributed by atoms with Crippen molar-refractivity contribution in [3.05, 3.63) is 35.6 Å². The largest absolute Gasteiger partial charge is 0.324 e. The topological polar surface area (TPSA) is 29.3 Å². The lowest BCUT2D eigenvalue weighted by atomic mass is 9.97. The Labute approximate surface area is 109 Å². The van der Waals surface area contributed by atoms with Gasteiger partial charge in [0, 0.05) is 23.7 Å². The molecule has 100 valence electrons. The lowest BCUT2D eigenvalue weighted by Gasteiger charge is -2.33. The van der Waals surface area contributed by atoms with Gasteiger partial charge in [0.1, 0.15) is 5.82 Å². The fraction of sp³-hybridized carbons (Fsp3) is 0.600. The summed E-state index contributed by atoms with van der Waals surface area (Å²) in [6.07, 6.45) is 4.61. The van der Waals surface area contributed by atoms with E-state index in [4.69, 9.17) is 5.73 Å². The summed E-state index contributed by atoms with van der Waals surface area (Å²) >= 11 is 0. The van der Waals surface area contributed by atoms with Crippen LogP contribution in [0.1, 0.15) is 44.2 Å². The summed E-state index contributed by atoms with van der Waals surface area (Å²) in [6.45, 7) is 2.87. The molecule has 2 N–H and O–H groups in total. The summed E-state index contributed by atoms with van der Waals surface area (Å²) in [6, 6.07) is 7.05. The monoisotopic (exact) mass is 250 g/mol. The molecule has 0 saturated heterocycles. The molecule has 0 radical (unpaired) electrons. The third-order valence-corrected chi connectivity index (χ3v) is 4.18. The number of benzene rings is 1. The normalized spacial score (nSPS) is 20.3. The number of nitrogens with zero attached hydrogens (tertiary/aromatic N) is 1. The van der Waals surface area contributed by atoms with Crippen LogP contribution in [0.25, 0.3) is 0 Å². The number of nitrogens with two attached hydrogens (primary N) is 1. The average Bonchev–Trinajstić information content (AvgIpc) is 2.75. The van der Waals surface area contributed by atoms with Crippen LogP contribution in [0.4, 0.5) is 4.39 Å². The number of rotatable bonds is 4. The Morgan fingerprint density at radius 2 is 1.94 bits per heavy atom. The van der Waals surface area contributed by atoms with Crippen LogP contribution in [0, 0.1) is 5.82 Å². The highest BCUT2D eigenvalue weighted by Gasteiger charge is 2.32. The molecule has 1 unspecified atom stereocenters. The molecule has 1 aliphatic carbocycles. The Morgan fingerprint density at radius 3 is 2.56 bits per heavy atom. The van der Waals surface area contributed by atoms with Crippen molar-refractivity contribution in [2.45, 2.75) is 44.2 Å². The average molecular weight is 250 g/mol. The summed E-state index contributed by atoms with van der Waals surface area (Å²) in [7, 11) is 2.03. The van der Waals surface area contributed by atoms with Gasteiger partial charge in [0.2, 0.25) is 0 Å². The highest BCUT2D eigenvalue weighted by molar-refractivity contribution is 5.20. The van der Waals surface area contributed by atoms with E-state index in [1.165, 1.54) is 18.9 Å². The van der Waals surface area contributed by atoms with E-state index in [1.807, 2.05) is 26.1 Å². The second-order valence-corrected chi connectivity index (χ2v) is 5.68. The molecule has 0 amide bonds. The third-order valence-electron chi connectivity index (χ3n) is 4.18. The first-order valence-corrected chi connectivity index (χ1v) is 6.75. The molecule has 1 saturated carbocycles. The quantitative estimate of drug-likeness (QED) is 0.889. The van der Waals surface area contributed by atoms with E-state index in [0.29, 0.717) is 0 Å². The molecule has 0 spiro atoms. The van der Waals surface area contributed by atoms with Gasteiger partial charge < -0.3 is 5.73 Å². The Hall–Kier alpha value is -0.930. The predicted octanol–water partition coefficient (Wildman–Crippen LogP) is 3.09. The second-order valence-electron chi connectivity index (χ2n) is 5.68. The van der Waals surface area contributed by atoms with Crippen molar-refractivity contribution in [1.82, 2.24) is 4.90 Å². The van der Waals surface area contributed by atoms with Crippen LogP contribution >= 0.6 is 0 Å². The summed E-state index contributed by atoms with van der Waals surface area (Å²) < 4.78 is 13.8. The molecule has 0 aromatic heterocycles.